The normalized spacial score (nSPS) is 20.8. The van der Waals surface area contributed by atoms with E-state index in [9.17, 15) is 9.18 Å². The summed E-state index contributed by atoms with van der Waals surface area (Å²) in [4.78, 5) is 19.9. The number of alkyl halides is 1. The third-order valence-electron chi connectivity index (χ3n) is 8.01. The monoisotopic (exact) mass is 514 g/mol. The van der Waals surface area contributed by atoms with Gasteiger partial charge in [-0.05, 0) is 69.7 Å². The van der Waals surface area contributed by atoms with Crippen LogP contribution in [0, 0.1) is 0 Å². The van der Waals surface area contributed by atoms with E-state index in [-0.39, 0.29) is 11.6 Å². The van der Waals surface area contributed by atoms with Crippen LogP contribution in [0.3, 0.4) is 0 Å². The number of hydrogen-bond donors (Lipinski definition) is 1. The summed E-state index contributed by atoms with van der Waals surface area (Å²) >= 11 is 6.38. The number of nitrogens with zero attached hydrogens (tertiary/aromatic N) is 5. The summed E-state index contributed by atoms with van der Waals surface area (Å²) in [7, 11) is 0. The number of rotatable bonds is 5. The number of likely N-dealkylation sites (tertiary alicyclic amines) is 2. The summed E-state index contributed by atoms with van der Waals surface area (Å²) in [5.41, 5.74) is 3.29. The first kappa shape index (κ1) is 25.1. The van der Waals surface area contributed by atoms with E-state index in [1.165, 1.54) is 16.7 Å². The molecule has 1 amide bonds. The number of nitrogens with one attached hydrogen (secondary N) is 1. The Hall–Kier alpha value is -2.58. The molecule has 36 heavy (non-hydrogen) atoms. The van der Waals surface area contributed by atoms with Crippen LogP contribution >= 0.6 is 11.6 Å². The molecule has 9 heteroatoms. The molecule has 1 aromatic heterocycles. The number of anilines is 2. The minimum Gasteiger partial charge on any atom is -0.371 e. The van der Waals surface area contributed by atoms with Crippen molar-refractivity contribution < 1.29 is 9.18 Å². The van der Waals surface area contributed by atoms with Crippen LogP contribution in [-0.2, 0) is 6.54 Å². The highest BCUT2D eigenvalue weighted by atomic mass is 35.5. The SMILES string of the molecule is C=C(C)Nc1ccn(C(=O)N2CCC3(CCCN3Cc3ccc(Cl)cc3N3CCC(F)CC3)CC2)n1. The van der Waals surface area contributed by atoms with Crippen LogP contribution in [0.15, 0.2) is 42.7 Å². The van der Waals surface area contributed by atoms with Gasteiger partial charge in [0.1, 0.15) is 6.17 Å². The van der Waals surface area contributed by atoms with Crippen molar-refractivity contribution in [1.29, 1.82) is 0 Å². The lowest BCUT2D eigenvalue weighted by Crippen LogP contribution is -2.53. The molecule has 5 rings (SSSR count). The van der Waals surface area contributed by atoms with Crippen molar-refractivity contribution in [1.82, 2.24) is 19.6 Å². The van der Waals surface area contributed by atoms with Crippen LogP contribution in [0.25, 0.3) is 0 Å². The molecule has 3 saturated heterocycles. The number of aromatic nitrogens is 2. The van der Waals surface area contributed by atoms with E-state index in [1.807, 2.05) is 24.0 Å². The molecule has 1 spiro atoms. The molecule has 194 valence electrons. The van der Waals surface area contributed by atoms with Crippen molar-refractivity contribution in [3.63, 3.8) is 0 Å². The fourth-order valence-electron chi connectivity index (χ4n) is 6.04. The predicted octanol–water partition coefficient (Wildman–Crippen LogP) is 5.52. The Kier molecular flexibility index (Phi) is 7.26. The summed E-state index contributed by atoms with van der Waals surface area (Å²) in [6.07, 6.45) is 6.37. The Labute approximate surface area is 217 Å². The van der Waals surface area contributed by atoms with Gasteiger partial charge in [-0.15, -0.1) is 5.10 Å². The minimum absolute atomic E-state index is 0.0829. The zero-order chi connectivity index (χ0) is 25.3. The van der Waals surface area contributed by atoms with Crippen molar-refractivity contribution in [3.8, 4) is 0 Å². The smallest absolute Gasteiger partial charge is 0.344 e. The topological polar surface area (TPSA) is 56.6 Å². The van der Waals surface area contributed by atoms with E-state index in [1.54, 1.807) is 12.3 Å². The van der Waals surface area contributed by atoms with E-state index >= 15 is 0 Å². The minimum atomic E-state index is -0.700. The second-order valence-corrected chi connectivity index (χ2v) is 10.9. The number of halogens is 2. The van der Waals surface area contributed by atoms with Crippen LogP contribution in [-0.4, -0.2) is 70.0 Å². The first-order valence-corrected chi connectivity index (χ1v) is 13.4. The number of benzene rings is 1. The van der Waals surface area contributed by atoms with Crippen LogP contribution in [0.2, 0.25) is 5.02 Å². The molecule has 0 aliphatic carbocycles. The van der Waals surface area contributed by atoms with Crippen LogP contribution < -0.4 is 10.2 Å². The van der Waals surface area contributed by atoms with Gasteiger partial charge in [0.2, 0.25) is 0 Å². The molecule has 7 nitrogen and oxygen atoms in total. The number of allylic oxidation sites excluding steroid dienone is 1. The summed E-state index contributed by atoms with van der Waals surface area (Å²) in [5.74, 6) is 0.626. The maximum Gasteiger partial charge on any atom is 0.344 e. The summed E-state index contributed by atoms with van der Waals surface area (Å²) in [6, 6.07) is 7.85. The Balaban J connectivity index is 1.25. The highest BCUT2D eigenvalue weighted by Crippen LogP contribution is 2.41. The predicted molar refractivity (Wildman–Crippen MR) is 142 cm³/mol. The fraction of sp³-hybridized carbons (Fsp3) is 0.556. The molecular weight excluding hydrogens is 479 g/mol. The molecule has 2 aromatic rings. The van der Waals surface area contributed by atoms with Gasteiger partial charge in [0.25, 0.3) is 0 Å². The van der Waals surface area contributed by atoms with Gasteiger partial charge in [-0.1, -0.05) is 24.2 Å². The molecule has 1 N–H and O–H groups in total. The molecule has 3 fully saturated rings. The number of carbonyl (C=O) groups excluding carboxylic acids is 1. The lowest BCUT2D eigenvalue weighted by atomic mass is 9.84. The summed E-state index contributed by atoms with van der Waals surface area (Å²) in [5, 5.41) is 8.13. The van der Waals surface area contributed by atoms with E-state index in [4.69, 9.17) is 11.6 Å². The Morgan fingerprint density at radius 2 is 1.92 bits per heavy atom. The number of carbonyl (C=O) groups is 1. The number of amides is 1. The van der Waals surface area contributed by atoms with Crippen molar-refractivity contribution in [3.05, 3.63) is 53.3 Å². The van der Waals surface area contributed by atoms with Gasteiger partial charge < -0.3 is 15.1 Å². The molecular formula is C27H36ClFN6O. The average molecular weight is 515 g/mol. The standard InChI is InChI=1S/C27H36ClFN6O/c1-20(2)30-25-8-15-35(31-25)26(36)33-16-10-27(11-17-33)9-3-12-34(27)19-21-4-5-22(28)18-24(21)32-13-6-23(29)7-14-32/h4-5,8,15,18,23H,1,3,6-7,9-14,16-17,19H2,2H3,(H,30,31). The second kappa shape index (κ2) is 10.4. The van der Waals surface area contributed by atoms with Gasteiger partial charge in [-0.25, -0.2) is 9.18 Å². The lowest BCUT2D eigenvalue weighted by Gasteiger charge is -2.45. The van der Waals surface area contributed by atoms with Gasteiger partial charge in [0, 0.05) is 66.9 Å². The molecule has 1 aromatic carbocycles. The zero-order valence-corrected chi connectivity index (χ0v) is 21.8. The highest BCUT2D eigenvalue weighted by Gasteiger charge is 2.44. The maximum atomic E-state index is 13.8. The van der Waals surface area contributed by atoms with Crippen molar-refractivity contribution in [2.24, 2.45) is 0 Å². The Morgan fingerprint density at radius 1 is 1.17 bits per heavy atom. The molecule has 0 saturated carbocycles. The highest BCUT2D eigenvalue weighted by molar-refractivity contribution is 6.30. The van der Waals surface area contributed by atoms with Crippen LogP contribution in [0.5, 0.6) is 0 Å². The van der Waals surface area contributed by atoms with Crippen molar-refractivity contribution in [2.75, 3.05) is 42.9 Å². The Morgan fingerprint density at radius 3 is 2.64 bits per heavy atom. The fourth-order valence-corrected chi connectivity index (χ4v) is 6.21. The molecule has 3 aliphatic heterocycles. The van der Waals surface area contributed by atoms with Crippen molar-refractivity contribution in [2.45, 2.75) is 63.7 Å². The largest absolute Gasteiger partial charge is 0.371 e. The van der Waals surface area contributed by atoms with Crippen LogP contribution in [0.1, 0.15) is 51.0 Å². The molecule has 0 atom stereocenters. The third-order valence-corrected chi connectivity index (χ3v) is 8.24. The first-order valence-electron chi connectivity index (χ1n) is 13.0. The Bertz CT molecular complexity index is 1100. The lowest BCUT2D eigenvalue weighted by molar-refractivity contribution is 0.0585. The van der Waals surface area contributed by atoms with E-state index in [2.05, 4.69) is 32.9 Å². The molecule has 0 bridgehead atoms. The number of hydrogen-bond acceptors (Lipinski definition) is 5. The average Bonchev–Trinajstić information content (AvgIpc) is 3.48. The second-order valence-electron chi connectivity index (χ2n) is 10.5. The molecule has 0 radical (unpaired) electrons. The van der Waals surface area contributed by atoms with E-state index in [0.717, 1.165) is 74.9 Å². The zero-order valence-electron chi connectivity index (χ0n) is 21.1. The van der Waals surface area contributed by atoms with E-state index < -0.39 is 6.17 Å². The summed E-state index contributed by atoms with van der Waals surface area (Å²) in [6.45, 7) is 10.5. The third kappa shape index (κ3) is 5.25. The first-order chi connectivity index (χ1) is 17.3. The van der Waals surface area contributed by atoms with E-state index in [0.29, 0.717) is 18.7 Å². The summed E-state index contributed by atoms with van der Waals surface area (Å²) < 4.78 is 15.2. The molecule has 3 aliphatic rings. The van der Waals surface area contributed by atoms with Gasteiger partial charge in [-0.3, -0.25) is 4.90 Å². The van der Waals surface area contributed by atoms with Crippen molar-refractivity contribution >= 4 is 29.1 Å². The van der Waals surface area contributed by atoms with Gasteiger partial charge >= 0.3 is 6.03 Å². The maximum absolute atomic E-state index is 13.8. The molecule has 4 heterocycles. The molecule has 0 unspecified atom stereocenters. The van der Waals surface area contributed by atoms with Crippen LogP contribution in [0.4, 0.5) is 20.7 Å². The van der Waals surface area contributed by atoms with Gasteiger partial charge in [-0.2, -0.15) is 4.68 Å². The number of piperidine rings is 2. The quantitative estimate of drug-likeness (QED) is 0.569. The van der Waals surface area contributed by atoms with Gasteiger partial charge in [0.05, 0.1) is 0 Å². The van der Waals surface area contributed by atoms with Gasteiger partial charge in [0.15, 0.2) is 5.82 Å².